The molecule has 0 aliphatic rings. The first-order valence-corrected chi connectivity index (χ1v) is 6.23. The molecular formula is C13H11FN6O2. The highest BCUT2D eigenvalue weighted by molar-refractivity contribution is 5.90. The van der Waals surface area contributed by atoms with Crippen LogP contribution >= 0.6 is 0 Å². The lowest BCUT2D eigenvalue weighted by Crippen LogP contribution is -2.06. The number of ether oxygens (including phenoxy) is 1. The van der Waals surface area contributed by atoms with Crippen LogP contribution in [0.4, 0.5) is 10.1 Å². The Bertz CT molecular complexity index is 735. The number of nitriles is 1. The Labute approximate surface area is 124 Å². The smallest absolute Gasteiger partial charge is 0.338 e. The molecule has 8 nitrogen and oxygen atoms in total. The summed E-state index contributed by atoms with van der Waals surface area (Å²) in [5.41, 5.74) is 0.258. The van der Waals surface area contributed by atoms with Gasteiger partial charge in [-0.3, -0.25) is 0 Å². The van der Waals surface area contributed by atoms with Crippen molar-refractivity contribution in [3.8, 4) is 6.07 Å². The molecule has 0 saturated carbocycles. The Morgan fingerprint density at radius 2 is 2.41 bits per heavy atom. The zero-order valence-corrected chi connectivity index (χ0v) is 11.5. The van der Waals surface area contributed by atoms with E-state index in [-0.39, 0.29) is 29.3 Å². The van der Waals surface area contributed by atoms with E-state index in [0.717, 1.165) is 6.07 Å². The SMILES string of the molecule is CCOC(=O)c1ccc(F)c(NC=C(C#N)c2nn[nH]n2)c1. The maximum atomic E-state index is 13.7. The summed E-state index contributed by atoms with van der Waals surface area (Å²) in [6.07, 6.45) is 1.22. The summed E-state index contributed by atoms with van der Waals surface area (Å²) < 4.78 is 18.6. The second-order valence-electron chi connectivity index (χ2n) is 3.96. The van der Waals surface area contributed by atoms with Crippen LogP contribution < -0.4 is 5.32 Å². The molecule has 22 heavy (non-hydrogen) atoms. The fourth-order valence-corrected chi connectivity index (χ4v) is 1.55. The van der Waals surface area contributed by atoms with Gasteiger partial charge < -0.3 is 10.1 Å². The number of esters is 1. The van der Waals surface area contributed by atoms with Crippen LogP contribution in [0.15, 0.2) is 24.4 Å². The molecule has 0 aliphatic carbocycles. The minimum Gasteiger partial charge on any atom is -0.462 e. The first-order chi connectivity index (χ1) is 10.7. The Kier molecular flexibility index (Phi) is 4.77. The van der Waals surface area contributed by atoms with Gasteiger partial charge in [0.2, 0.25) is 5.82 Å². The molecule has 2 aromatic rings. The van der Waals surface area contributed by atoms with E-state index in [9.17, 15) is 9.18 Å². The molecule has 0 saturated heterocycles. The molecule has 112 valence electrons. The standard InChI is InChI=1S/C13H11FN6O2/c1-2-22-13(21)8-3-4-10(14)11(5-8)16-7-9(6-15)12-17-19-20-18-12/h3-5,7,16H,2H2,1H3,(H,17,18,19,20). The fraction of sp³-hybridized carbons (Fsp3) is 0.154. The van der Waals surface area contributed by atoms with Gasteiger partial charge in [0, 0.05) is 6.20 Å². The van der Waals surface area contributed by atoms with Gasteiger partial charge in [0.25, 0.3) is 0 Å². The van der Waals surface area contributed by atoms with Gasteiger partial charge in [0.1, 0.15) is 17.5 Å². The first-order valence-electron chi connectivity index (χ1n) is 6.23. The van der Waals surface area contributed by atoms with Crippen LogP contribution in [-0.4, -0.2) is 33.2 Å². The lowest BCUT2D eigenvalue weighted by Gasteiger charge is -2.06. The molecule has 0 bridgehead atoms. The molecule has 9 heteroatoms. The lowest BCUT2D eigenvalue weighted by molar-refractivity contribution is 0.0526. The summed E-state index contributed by atoms with van der Waals surface area (Å²) in [6.45, 7) is 1.89. The monoisotopic (exact) mass is 302 g/mol. The van der Waals surface area contributed by atoms with E-state index >= 15 is 0 Å². The predicted molar refractivity (Wildman–Crippen MR) is 73.7 cm³/mol. The number of carbonyl (C=O) groups is 1. The molecule has 0 aliphatic heterocycles. The van der Waals surface area contributed by atoms with Gasteiger partial charge in [-0.1, -0.05) is 0 Å². The third kappa shape index (κ3) is 3.43. The van der Waals surface area contributed by atoms with Crippen LogP contribution in [0.3, 0.4) is 0 Å². The molecule has 1 aromatic heterocycles. The number of nitrogens with zero attached hydrogens (tertiary/aromatic N) is 4. The van der Waals surface area contributed by atoms with Crippen molar-refractivity contribution < 1.29 is 13.9 Å². The van der Waals surface area contributed by atoms with Crippen LogP contribution in [-0.2, 0) is 4.74 Å². The molecule has 0 atom stereocenters. The molecule has 2 N–H and O–H groups in total. The number of aromatic amines is 1. The van der Waals surface area contributed by atoms with Crippen LogP contribution in [0.25, 0.3) is 5.57 Å². The van der Waals surface area contributed by atoms with Gasteiger partial charge in [-0.25, -0.2) is 9.18 Å². The molecule has 0 amide bonds. The summed E-state index contributed by atoms with van der Waals surface area (Å²) in [6, 6.07) is 5.58. The first kappa shape index (κ1) is 15.1. The van der Waals surface area contributed by atoms with Crippen molar-refractivity contribution in [3.63, 3.8) is 0 Å². The van der Waals surface area contributed by atoms with Gasteiger partial charge in [-0.15, -0.1) is 10.2 Å². The zero-order chi connectivity index (χ0) is 15.9. The molecule has 0 fully saturated rings. The molecule has 0 unspecified atom stereocenters. The number of aromatic nitrogens is 4. The molecule has 1 aromatic carbocycles. The second-order valence-corrected chi connectivity index (χ2v) is 3.96. The molecule has 1 heterocycles. The number of rotatable bonds is 5. The quantitative estimate of drug-likeness (QED) is 0.634. The van der Waals surface area contributed by atoms with E-state index in [4.69, 9.17) is 10.00 Å². The summed E-state index contributed by atoms with van der Waals surface area (Å²) in [5.74, 6) is -1.08. The molecule has 0 radical (unpaired) electrons. The summed E-state index contributed by atoms with van der Waals surface area (Å²) in [5, 5.41) is 24.4. The topological polar surface area (TPSA) is 117 Å². The summed E-state index contributed by atoms with van der Waals surface area (Å²) in [4.78, 5) is 11.6. The second kappa shape index (κ2) is 6.94. The maximum absolute atomic E-state index is 13.7. The Balaban J connectivity index is 2.24. The average molecular weight is 302 g/mol. The van der Waals surface area contributed by atoms with E-state index < -0.39 is 11.8 Å². The number of halogens is 1. The van der Waals surface area contributed by atoms with E-state index in [1.165, 1.54) is 18.3 Å². The molecule has 2 rings (SSSR count). The van der Waals surface area contributed by atoms with Crippen LogP contribution in [0.2, 0.25) is 0 Å². The van der Waals surface area contributed by atoms with Gasteiger partial charge in [0.15, 0.2) is 0 Å². The minimum absolute atomic E-state index is 0.0156. The highest BCUT2D eigenvalue weighted by Crippen LogP contribution is 2.18. The Morgan fingerprint density at radius 1 is 1.59 bits per heavy atom. The van der Waals surface area contributed by atoms with E-state index in [2.05, 4.69) is 25.9 Å². The summed E-state index contributed by atoms with van der Waals surface area (Å²) >= 11 is 0. The Morgan fingerprint density at radius 3 is 3.05 bits per heavy atom. The van der Waals surface area contributed by atoms with E-state index in [1.807, 2.05) is 6.07 Å². The van der Waals surface area contributed by atoms with Crippen LogP contribution in [0.5, 0.6) is 0 Å². The number of anilines is 1. The number of H-pyrrole nitrogens is 1. The minimum atomic E-state index is -0.588. The molecule has 0 spiro atoms. The van der Waals surface area contributed by atoms with Gasteiger partial charge in [-0.2, -0.15) is 10.5 Å². The number of hydrogen-bond donors (Lipinski definition) is 2. The zero-order valence-electron chi connectivity index (χ0n) is 11.5. The van der Waals surface area contributed by atoms with Crippen LogP contribution in [0, 0.1) is 17.1 Å². The van der Waals surface area contributed by atoms with Crippen molar-refractivity contribution in [2.24, 2.45) is 0 Å². The largest absolute Gasteiger partial charge is 0.462 e. The van der Waals surface area contributed by atoms with Crippen LogP contribution in [0.1, 0.15) is 23.1 Å². The lowest BCUT2D eigenvalue weighted by atomic mass is 10.2. The number of hydrogen-bond acceptors (Lipinski definition) is 7. The summed E-state index contributed by atoms with van der Waals surface area (Å²) in [7, 11) is 0. The number of allylic oxidation sites excluding steroid dienone is 1. The maximum Gasteiger partial charge on any atom is 0.338 e. The third-order valence-electron chi connectivity index (χ3n) is 2.56. The number of nitrogens with one attached hydrogen (secondary N) is 2. The van der Waals surface area contributed by atoms with Crippen molar-refractivity contribution in [2.45, 2.75) is 6.92 Å². The highest BCUT2D eigenvalue weighted by atomic mass is 19.1. The third-order valence-corrected chi connectivity index (χ3v) is 2.56. The van der Waals surface area contributed by atoms with Crippen molar-refractivity contribution in [1.82, 2.24) is 20.6 Å². The van der Waals surface area contributed by atoms with Gasteiger partial charge in [0.05, 0.1) is 17.9 Å². The normalized spacial score (nSPS) is 10.9. The average Bonchev–Trinajstić information content (AvgIpc) is 3.04. The highest BCUT2D eigenvalue weighted by Gasteiger charge is 2.11. The Hall–Kier alpha value is -3.28. The number of tetrazole rings is 1. The van der Waals surface area contributed by atoms with Crippen molar-refractivity contribution in [1.29, 1.82) is 5.26 Å². The molecular weight excluding hydrogens is 291 g/mol. The predicted octanol–water partition coefficient (Wildman–Crippen LogP) is 1.49. The number of benzene rings is 1. The van der Waals surface area contributed by atoms with Crippen molar-refractivity contribution >= 4 is 17.2 Å². The van der Waals surface area contributed by atoms with Crippen molar-refractivity contribution in [2.75, 3.05) is 11.9 Å². The van der Waals surface area contributed by atoms with E-state index in [0.29, 0.717) is 0 Å². The van der Waals surface area contributed by atoms with E-state index in [1.54, 1.807) is 6.92 Å². The van der Waals surface area contributed by atoms with Gasteiger partial charge in [-0.05, 0) is 30.3 Å². The number of carbonyl (C=O) groups excluding carboxylic acids is 1. The van der Waals surface area contributed by atoms with Crippen molar-refractivity contribution in [3.05, 3.63) is 41.6 Å². The fourth-order valence-electron chi connectivity index (χ4n) is 1.55. The van der Waals surface area contributed by atoms with Gasteiger partial charge >= 0.3 is 5.97 Å².